The van der Waals surface area contributed by atoms with Crippen LogP contribution >= 0.6 is 34.8 Å². The van der Waals surface area contributed by atoms with E-state index >= 15 is 0 Å². The minimum absolute atomic E-state index is 0.163. The predicted molar refractivity (Wildman–Crippen MR) is 187 cm³/mol. The highest BCUT2D eigenvalue weighted by atomic mass is 35.5. The van der Waals surface area contributed by atoms with E-state index in [0.29, 0.717) is 57.9 Å². The maximum atomic E-state index is 13.5. The van der Waals surface area contributed by atoms with Gasteiger partial charge < -0.3 is 15.1 Å². The second-order valence-electron chi connectivity index (χ2n) is 11.7. The highest BCUT2D eigenvalue weighted by Gasteiger charge is 2.27. The van der Waals surface area contributed by atoms with Crippen molar-refractivity contribution in [3.63, 3.8) is 0 Å². The molecule has 1 saturated heterocycles. The van der Waals surface area contributed by atoms with Gasteiger partial charge in [-0.2, -0.15) is 5.10 Å². The van der Waals surface area contributed by atoms with Gasteiger partial charge in [-0.1, -0.05) is 84.2 Å². The summed E-state index contributed by atoms with van der Waals surface area (Å²) >= 11 is 18.9. The Balaban J connectivity index is 1.21. The Morgan fingerprint density at radius 2 is 1.65 bits per heavy atom. The van der Waals surface area contributed by atoms with Crippen LogP contribution < -0.4 is 5.32 Å². The van der Waals surface area contributed by atoms with Crippen LogP contribution in [0.1, 0.15) is 54.2 Å². The van der Waals surface area contributed by atoms with Crippen LogP contribution in [-0.4, -0.2) is 70.2 Å². The quantitative estimate of drug-likeness (QED) is 0.155. The van der Waals surface area contributed by atoms with Gasteiger partial charge >= 0.3 is 0 Å². The van der Waals surface area contributed by atoms with Crippen molar-refractivity contribution in [2.45, 2.75) is 52.0 Å². The van der Waals surface area contributed by atoms with Gasteiger partial charge in [0.2, 0.25) is 5.91 Å². The fourth-order valence-electron chi connectivity index (χ4n) is 6.12. The van der Waals surface area contributed by atoms with Crippen LogP contribution in [0.4, 0.5) is 0 Å². The number of aromatic nitrogens is 2. The van der Waals surface area contributed by atoms with Crippen LogP contribution in [0.15, 0.2) is 72.8 Å². The number of hydrogen-bond donors (Lipinski definition) is 1. The summed E-state index contributed by atoms with van der Waals surface area (Å²) in [6, 6.07) is 23.3. The van der Waals surface area contributed by atoms with E-state index in [2.05, 4.69) is 34.5 Å². The number of amides is 2. The molecule has 0 aliphatic carbocycles. The summed E-state index contributed by atoms with van der Waals surface area (Å²) in [6.45, 7) is 7.81. The molecule has 1 aliphatic rings. The lowest BCUT2D eigenvalue weighted by atomic mass is 10.0. The Bertz CT molecular complexity index is 1630. The summed E-state index contributed by atoms with van der Waals surface area (Å²) in [4.78, 5) is 31.0. The van der Waals surface area contributed by atoms with E-state index in [1.807, 2.05) is 36.9 Å². The number of benzene rings is 3. The van der Waals surface area contributed by atoms with Gasteiger partial charge in [0.15, 0.2) is 5.69 Å². The predicted octanol–water partition coefficient (Wildman–Crippen LogP) is 7.87. The molecule has 3 aromatic carbocycles. The van der Waals surface area contributed by atoms with Gasteiger partial charge in [0.25, 0.3) is 5.91 Å². The zero-order valence-electron chi connectivity index (χ0n) is 26.3. The lowest BCUT2D eigenvalue weighted by Gasteiger charge is -2.38. The van der Waals surface area contributed by atoms with Crippen LogP contribution in [0.5, 0.6) is 0 Å². The summed E-state index contributed by atoms with van der Waals surface area (Å²) in [5.74, 6) is -0.118. The third-order valence-electron chi connectivity index (χ3n) is 8.63. The minimum Gasteiger partial charge on any atom is -0.351 e. The second-order valence-corrected chi connectivity index (χ2v) is 13.0. The van der Waals surface area contributed by atoms with Crippen LogP contribution in [0, 0.1) is 6.92 Å². The first-order valence-electron chi connectivity index (χ1n) is 15.9. The summed E-state index contributed by atoms with van der Waals surface area (Å²) in [5.41, 5.74) is 4.57. The SMILES string of the molecule is CCC(=O)N(CCCNC(=O)c1nn(-c2ccc(Cl)cc2Cl)c(-c2ccc(Cl)cc2)c1C)C1CCN(CCc2ccccc2)CC1. The topological polar surface area (TPSA) is 70.5 Å². The number of hydrogen-bond acceptors (Lipinski definition) is 4. The Hall–Kier alpha value is -3.36. The number of rotatable bonds is 12. The third kappa shape index (κ3) is 8.31. The van der Waals surface area contributed by atoms with Crippen molar-refractivity contribution in [1.29, 1.82) is 0 Å². The molecular formula is C36H40Cl3N5O2. The van der Waals surface area contributed by atoms with Crippen molar-refractivity contribution >= 4 is 46.6 Å². The molecule has 242 valence electrons. The van der Waals surface area contributed by atoms with Crippen LogP contribution in [-0.2, 0) is 11.2 Å². The standard InChI is InChI=1S/C36H40Cl3N5O2/c1-3-33(45)43(30-17-22-42(23-18-30)21-16-26-8-5-4-6-9-26)20-7-19-40-36(46)34-25(2)35(27-10-12-28(37)13-11-27)44(41-34)32-15-14-29(38)24-31(32)39/h4-6,8-15,24,30H,3,7,16-23H2,1-2H3,(H,40,46). The van der Waals surface area contributed by atoms with Gasteiger partial charge in [0, 0.05) is 66.4 Å². The maximum Gasteiger partial charge on any atom is 0.272 e. The fraction of sp³-hybridized carbons (Fsp3) is 0.361. The number of likely N-dealkylation sites (tertiary alicyclic amines) is 1. The lowest BCUT2D eigenvalue weighted by Crippen LogP contribution is -2.48. The molecule has 0 unspecified atom stereocenters. The van der Waals surface area contributed by atoms with Gasteiger partial charge in [0.1, 0.15) is 0 Å². The molecule has 0 radical (unpaired) electrons. The zero-order chi connectivity index (χ0) is 32.6. The summed E-state index contributed by atoms with van der Waals surface area (Å²) in [6.07, 6.45) is 4.08. The van der Waals surface area contributed by atoms with Crippen molar-refractivity contribution in [2.24, 2.45) is 0 Å². The molecule has 10 heteroatoms. The monoisotopic (exact) mass is 679 g/mol. The zero-order valence-corrected chi connectivity index (χ0v) is 28.6. The molecule has 0 bridgehead atoms. The van der Waals surface area contributed by atoms with E-state index in [4.69, 9.17) is 39.9 Å². The highest BCUT2D eigenvalue weighted by Crippen LogP contribution is 2.33. The average molecular weight is 681 g/mol. The van der Waals surface area contributed by atoms with Gasteiger partial charge in [-0.25, -0.2) is 4.68 Å². The molecule has 0 saturated carbocycles. The van der Waals surface area contributed by atoms with Crippen LogP contribution in [0.3, 0.4) is 0 Å². The van der Waals surface area contributed by atoms with E-state index < -0.39 is 0 Å². The van der Waals surface area contributed by atoms with Gasteiger partial charge in [-0.3, -0.25) is 9.59 Å². The molecule has 5 rings (SSSR count). The number of carbonyl (C=O) groups is 2. The number of piperidine rings is 1. The Kier molecular flexibility index (Phi) is 11.8. The lowest BCUT2D eigenvalue weighted by molar-refractivity contribution is -0.134. The summed E-state index contributed by atoms with van der Waals surface area (Å²) in [5, 5.41) is 9.28. The summed E-state index contributed by atoms with van der Waals surface area (Å²) < 4.78 is 1.68. The Labute approximate surface area is 286 Å². The largest absolute Gasteiger partial charge is 0.351 e. The molecule has 1 aromatic heterocycles. The Morgan fingerprint density at radius 3 is 2.33 bits per heavy atom. The molecule has 0 atom stereocenters. The summed E-state index contributed by atoms with van der Waals surface area (Å²) in [7, 11) is 0. The van der Waals surface area contributed by atoms with Crippen molar-refractivity contribution in [3.8, 4) is 16.9 Å². The molecule has 1 N–H and O–H groups in total. The van der Waals surface area contributed by atoms with E-state index in [-0.39, 0.29) is 17.9 Å². The average Bonchev–Trinajstić information content (AvgIpc) is 3.41. The van der Waals surface area contributed by atoms with Crippen molar-refractivity contribution in [2.75, 3.05) is 32.7 Å². The number of carbonyl (C=O) groups excluding carboxylic acids is 2. The Morgan fingerprint density at radius 1 is 0.957 bits per heavy atom. The van der Waals surface area contributed by atoms with Gasteiger partial charge in [-0.15, -0.1) is 0 Å². The highest BCUT2D eigenvalue weighted by molar-refractivity contribution is 6.35. The smallest absolute Gasteiger partial charge is 0.272 e. The first kappa shape index (κ1) is 34.0. The molecule has 0 spiro atoms. The maximum absolute atomic E-state index is 13.5. The van der Waals surface area contributed by atoms with Crippen molar-refractivity contribution in [1.82, 2.24) is 24.9 Å². The second kappa shape index (κ2) is 16.0. The first-order valence-corrected chi connectivity index (χ1v) is 17.0. The van der Waals surface area contributed by atoms with Crippen molar-refractivity contribution < 1.29 is 9.59 Å². The third-order valence-corrected chi connectivity index (χ3v) is 9.42. The molecule has 2 heterocycles. The van der Waals surface area contributed by atoms with E-state index in [9.17, 15) is 9.59 Å². The molecule has 7 nitrogen and oxygen atoms in total. The fourth-order valence-corrected chi connectivity index (χ4v) is 6.74. The van der Waals surface area contributed by atoms with Crippen LogP contribution in [0.2, 0.25) is 15.1 Å². The van der Waals surface area contributed by atoms with Crippen molar-refractivity contribution in [3.05, 3.63) is 105 Å². The van der Waals surface area contributed by atoms with E-state index in [1.165, 1.54) is 5.56 Å². The molecule has 2 amide bonds. The minimum atomic E-state index is -0.281. The number of nitrogens with zero attached hydrogens (tertiary/aromatic N) is 4. The molecule has 1 fully saturated rings. The van der Waals surface area contributed by atoms with E-state index in [0.717, 1.165) is 50.2 Å². The molecule has 46 heavy (non-hydrogen) atoms. The van der Waals surface area contributed by atoms with Crippen LogP contribution in [0.25, 0.3) is 16.9 Å². The number of nitrogens with one attached hydrogen (secondary N) is 1. The molecule has 4 aromatic rings. The number of halogens is 3. The molecule has 1 aliphatic heterocycles. The van der Waals surface area contributed by atoms with Gasteiger partial charge in [-0.05, 0) is 68.5 Å². The first-order chi connectivity index (χ1) is 22.2. The molecular weight excluding hydrogens is 641 g/mol. The normalized spacial score (nSPS) is 13.9. The van der Waals surface area contributed by atoms with E-state index in [1.54, 1.807) is 35.0 Å². The van der Waals surface area contributed by atoms with Gasteiger partial charge in [0.05, 0.1) is 16.4 Å².